The van der Waals surface area contributed by atoms with Crippen molar-refractivity contribution in [2.24, 2.45) is 0 Å². The number of aromatic nitrogens is 2. The maximum absolute atomic E-state index is 6.14. The van der Waals surface area contributed by atoms with Crippen LogP contribution in [0.15, 0.2) is 60.8 Å². The Bertz CT molecular complexity index is 718. The van der Waals surface area contributed by atoms with Gasteiger partial charge in [0.2, 0.25) is 0 Å². The fourth-order valence-electron chi connectivity index (χ4n) is 2.55. The van der Waals surface area contributed by atoms with Gasteiger partial charge in [0, 0.05) is 11.1 Å². The lowest BCUT2D eigenvalue weighted by Gasteiger charge is -2.26. The number of nitrogens with one attached hydrogen (secondary N) is 1. The van der Waals surface area contributed by atoms with Crippen LogP contribution >= 0.6 is 0 Å². The van der Waals surface area contributed by atoms with Gasteiger partial charge < -0.3 is 4.74 Å². The van der Waals surface area contributed by atoms with Crippen molar-refractivity contribution < 1.29 is 4.74 Å². The van der Waals surface area contributed by atoms with Gasteiger partial charge >= 0.3 is 0 Å². The fourth-order valence-corrected chi connectivity index (χ4v) is 2.55. The Labute approximate surface area is 110 Å². The summed E-state index contributed by atoms with van der Waals surface area (Å²) in [6.45, 7) is 0. The van der Waals surface area contributed by atoms with Crippen LogP contribution in [0.1, 0.15) is 17.2 Å². The number of nitrogens with zero attached hydrogens (tertiary/aromatic N) is 1. The first kappa shape index (κ1) is 10.4. The predicted molar refractivity (Wildman–Crippen MR) is 72.9 cm³/mol. The molecule has 3 nitrogen and oxygen atoms in total. The second kappa shape index (κ2) is 3.99. The quantitative estimate of drug-likeness (QED) is 0.715. The third-order valence-corrected chi connectivity index (χ3v) is 3.45. The van der Waals surface area contributed by atoms with Crippen molar-refractivity contribution in [3.05, 3.63) is 71.9 Å². The molecule has 1 aliphatic heterocycles. The van der Waals surface area contributed by atoms with Crippen LogP contribution in [0.2, 0.25) is 0 Å². The summed E-state index contributed by atoms with van der Waals surface area (Å²) in [5, 5.41) is 7.26. The molecule has 1 aliphatic rings. The van der Waals surface area contributed by atoms with Crippen LogP contribution < -0.4 is 4.74 Å². The van der Waals surface area contributed by atoms with Crippen LogP contribution in [-0.2, 0) is 0 Å². The molecule has 0 fully saturated rings. The van der Waals surface area contributed by atoms with Gasteiger partial charge in [-0.1, -0.05) is 42.5 Å². The number of H-pyrrole nitrogens is 1. The molecule has 0 saturated heterocycles. The van der Waals surface area contributed by atoms with Crippen molar-refractivity contribution in [2.45, 2.75) is 6.10 Å². The first-order valence-corrected chi connectivity index (χ1v) is 6.28. The maximum atomic E-state index is 6.14. The van der Waals surface area contributed by atoms with E-state index in [2.05, 4.69) is 22.3 Å². The third kappa shape index (κ3) is 1.55. The fraction of sp³-hybridized carbons (Fsp3) is 0.0625. The summed E-state index contributed by atoms with van der Waals surface area (Å²) in [7, 11) is 0. The van der Waals surface area contributed by atoms with Crippen molar-refractivity contribution in [1.82, 2.24) is 10.2 Å². The van der Waals surface area contributed by atoms with Gasteiger partial charge in [0.05, 0.1) is 11.9 Å². The van der Waals surface area contributed by atoms with Crippen LogP contribution in [0.25, 0.3) is 11.3 Å². The number of ether oxygens (including phenoxy) is 1. The molecule has 1 N–H and O–H groups in total. The highest BCUT2D eigenvalue weighted by atomic mass is 16.5. The standard InChI is InChI=1S/C16H12N2O/c1-2-6-11(7-3-1)16-13-10-17-18-15(13)12-8-4-5-9-14(12)19-16/h1-10,16H,(H,17,18). The van der Waals surface area contributed by atoms with E-state index in [4.69, 9.17) is 4.74 Å². The summed E-state index contributed by atoms with van der Waals surface area (Å²) in [6, 6.07) is 18.3. The molecule has 1 aromatic heterocycles. The van der Waals surface area contributed by atoms with Crippen molar-refractivity contribution in [3.8, 4) is 17.0 Å². The van der Waals surface area contributed by atoms with Crippen LogP contribution in [0.3, 0.4) is 0 Å². The summed E-state index contributed by atoms with van der Waals surface area (Å²) in [5.74, 6) is 0.896. The van der Waals surface area contributed by atoms with E-state index < -0.39 is 0 Å². The smallest absolute Gasteiger partial charge is 0.153 e. The minimum atomic E-state index is -0.0927. The second-order valence-electron chi connectivity index (χ2n) is 4.61. The van der Waals surface area contributed by atoms with Gasteiger partial charge in [0.1, 0.15) is 5.75 Å². The molecule has 4 rings (SSSR count). The highest BCUT2D eigenvalue weighted by Gasteiger charge is 2.28. The van der Waals surface area contributed by atoms with Gasteiger partial charge in [-0.3, -0.25) is 5.10 Å². The van der Waals surface area contributed by atoms with Gasteiger partial charge in [-0.05, 0) is 17.7 Å². The van der Waals surface area contributed by atoms with Gasteiger partial charge in [0.15, 0.2) is 6.10 Å². The average Bonchev–Trinajstić information content (AvgIpc) is 2.97. The number of benzene rings is 2. The van der Waals surface area contributed by atoms with Crippen LogP contribution in [-0.4, -0.2) is 10.2 Å². The SMILES string of the molecule is c1ccc(C2Oc3ccccc3-c3[nH]ncc32)cc1. The molecule has 1 unspecified atom stereocenters. The Hall–Kier alpha value is -2.55. The number of hydrogen-bond donors (Lipinski definition) is 1. The van der Waals surface area contributed by atoms with E-state index in [1.54, 1.807) is 0 Å². The van der Waals surface area contributed by atoms with Gasteiger partial charge in [-0.25, -0.2) is 0 Å². The number of aromatic amines is 1. The molecule has 92 valence electrons. The Morgan fingerprint density at radius 3 is 2.63 bits per heavy atom. The molecule has 2 aromatic carbocycles. The van der Waals surface area contributed by atoms with Gasteiger partial charge in [0.25, 0.3) is 0 Å². The topological polar surface area (TPSA) is 37.9 Å². The number of para-hydroxylation sites is 1. The zero-order valence-electron chi connectivity index (χ0n) is 10.2. The molecule has 0 spiro atoms. The molecule has 3 heteroatoms. The Balaban J connectivity index is 1.91. The van der Waals surface area contributed by atoms with E-state index in [-0.39, 0.29) is 6.10 Å². The molecule has 0 aliphatic carbocycles. The van der Waals surface area contributed by atoms with Gasteiger partial charge in [-0.15, -0.1) is 0 Å². The van der Waals surface area contributed by atoms with E-state index in [1.165, 1.54) is 0 Å². The van der Waals surface area contributed by atoms with Crippen LogP contribution in [0.5, 0.6) is 5.75 Å². The largest absolute Gasteiger partial charge is 0.480 e. The minimum absolute atomic E-state index is 0.0927. The van der Waals surface area contributed by atoms with Crippen molar-refractivity contribution in [1.29, 1.82) is 0 Å². The molecule has 0 radical (unpaired) electrons. The highest BCUT2D eigenvalue weighted by molar-refractivity contribution is 5.72. The van der Waals surface area contributed by atoms with Gasteiger partial charge in [-0.2, -0.15) is 5.10 Å². The van der Waals surface area contributed by atoms with Crippen molar-refractivity contribution >= 4 is 0 Å². The first-order valence-electron chi connectivity index (χ1n) is 6.28. The first-order chi connectivity index (χ1) is 9.43. The Morgan fingerprint density at radius 2 is 1.74 bits per heavy atom. The lowest BCUT2D eigenvalue weighted by molar-refractivity contribution is 0.243. The Morgan fingerprint density at radius 1 is 0.947 bits per heavy atom. The van der Waals surface area contributed by atoms with Crippen molar-refractivity contribution in [2.75, 3.05) is 0 Å². The highest BCUT2D eigenvalue weighted by Crippen LogP contribution is 2.43. The molecule has 0 saturated carbocycles. The molecule has 3 aromatic rings. The molecule has 2 heterocycles. The van der Waals surface area contributed by atoms with E-state index in [0.717, 1.165) is 28.1 Å². The maximum Gasteiger partial charge on any atom is 0.153 e. The van der Waals surface area contributed by atoms with E-state index >= 15 is 0 Å². The number of hydrogen-bond acceptors (Lipinski definition) is 2. The van der Waals surface area contributed by atoms with Crippen LogP contribution in [0, 0.1) is 0 Å². The average molecular weight is 248 g/mol. The Kier molecular flexibility index (Phi) is 2.18. The summed E-state index contributed by atoms with van der Waals surface area (Å²) in [5.41, 5.74) is 4.35. The molecular weight excluding hydrogens is 236 g/mol. The zero-order chi connectivity index (χ0) is 12.7. The lowest BCUT2D eigenvalue weighted by atomic mass is 9.95. The minimum Gasteiger partial charge on any atom is -0.480 e. The van der Waals surface area contributed by atoms with Crippen LogP contribution in [0.4, 0.5) is 0 Å². The molecule has 0 amide bonds. The summed E-state index contributed by atoms with van der Waals surface area (Å²) < 4.78 is 6.14. The van der Waals surface area contributed by atoms with E-state index in [1.807, 2.05) is 48.7 Å². The lowest BCUT2D eigenvalue weighted by Crippen LogP contribution is -2.14. The normalized spacial score (nSPS) is 16.3. The number of rotatable bonds is 1. The zero-order valence-corrected chi connectivity index (χ0v) is 10.2. The summed E-state index contributed by atoms with van der Waals surface area (Å²) in [6.07, 6.45) is 1.76. The molecule has 1 atom stereocenters. The van der Waals surface area contributed by atoms with Crippen molar-refractivity contribution in [3.63, 3.8) is 0 Å². The molecule has 19 heavy (non-hydrogen) atoms. The van der Waals surface area contributed by atoms with E-state index in [0.29, 0.717) is 0 Å². The third-order valence-electron chi connectivity index (χ3n) is 3.45. The molecular formula is C16H12N2O. The summed E-state index contributed by atoms with van der Waals surface area (Å²) in [4.78, 5) is 0. The number of fused-ring (bicyclic) bond motifs is 3. The monoisotopic (exact) mass is 248 g/mol. The second-order valence-corrected chi connectivity index (χ2v) is 4.61. The summed E-state index contributed by atoms with van der Waals surface area (Å²) >= 11 is 0. The molecule has 0 bridgehead atoms. The van der Waals surface area contributed by atoms with E-state index in [9.17, 15) is 0 Å². The predicted octanol–water partition coefficient (Wildman–Crippen LogP) is 3.56.